The topological polar surface area (TPSA) is 32.3 Å². The molecular weight excluding hydrogens is 315 g/mol. The molecule has 0 bridgehead atoms. The van der Waals surface area contributed by atoms with Gasteiger partial charge in [0.1, 0.15) is 0 Å². The first-order valence-electron chi connectivity index (χ1n) is 6.52. The summed E-state index contributed by atoms with van der Waals surface area (Å²) in [7, 11) is 0. The summed E-state index contributed by atoms with van der Waals surface area (Å²) in [5.41, 5.74) is 0.379. The number of thiocarbonyl (C=S) groups is 1. The lowest BCUT2D eigenvalue weighted by Gasteiger charge is -2.32. The van der Waals surface area contributed by atoms with Gasteiger partial charge in [0, 0.05) is 18.1 Å². The minimum atomic E-state index is -0.296. The minimum Gasteiger partial charge on any atom is -0.349 e. The Morgan fingerprint density at radius 2 is 2.00 bits per heavy atom. The maximum absolute atomic E-state index is 12.1. The highest BCUT2D eigenvalue weighted by molar-refractivity contribution is 7.80. The molecule has 1 amide bonds. The SMILES string of the molecule is CC1CCN(C(=S)NC(=O)c2ccc(Cl)cc2Cl)CC1. The van der Waals surface area contributed by atoms with E-state index < -0.39 is 0 Å². The van der Waals surface area contributed by atoms with Crippen LogP contribution in [0.25, 0.3) is 0 Å². The second-order valence-electron chi connectivity index (χ2n) is 5.05. The van der Waals surface area contributed by atoms with Gasteiger partial charge in [0.15, 0.2) is 5.11 Å². The van der Waals surface area contributed by atoms with E-state index in [-0.39, 0.29) is 5.91 Å². The smallest absolute Gasteiger partial charge is 0.258 e. The van der Waals surface area contributed by atoms with Crippen LogP contribution >= 0.6 is 35.4 Å². The molecule has 1 fully saturated rings. The largest absolute Gasteiger partial charge is 0.349 e. The zero-order valence-corrected chi connectivity index (χ0v) is 13.5. The van der Waals surface area contributed by atoms with Crippen LogP contribution in [-0.2, 0) is 0 Å². The number of likely N-dealkylation sites (tertiary alicyclic amines) is 1. The molecule has 108 valence electrons. The highest BCUT2D eigenvalue weighted by Gasteiger charge is 2.20. The van der Waals surface area contributed by atoms with Gasteiger partial charge < -0.3 is 4.90 Å². The van der Waals surface area contributed by atoms with Crippen molar-refractivity contribution < 1.29 is 4.79 Å². The Kier molecular flexibility index (Phi) is 5.24. The number of hydrogen-bond acceptors (Lipinski definition) is 2. The number of nitrogens with zero attached hydrogens (tertiary/aromatic N) is 1. The molecule has 1 saturated heterocycles. The number of halogens is 2. The monoisotopic (exact) mass is 330 g/mol. The third-order valence-corrected chi connectivity index (χ3v) is 4.38. The van der Waals surface area contributed by atoms with Crippen molar-refractivity contribution in [2.75, 3.05) is 13.1 Å². The zero-order valence-electron chi connectivity index (χ0n) is 11.2. The van der Waals surface area contributed by atoms with Gasteiger partial charge in [-0.3, -0.25) is 10.1 Å². The number of carbonyl (C=O) groups excluding carboxylic acids is 1. The van der Waals surface area contributed by atoms with Crippen molar-refractivity contribution >= 4 is 46.4 Å². The van der Waals surface area contributed by atoms with Crippen molar-refractivity contribution in [1.82, 2.24) is 10.2 Å². The van der Waals surface area contributed by atoms with Gasteiger partial charge in [-0.15, -0.1) is 0 Å². The Balaban J connectivity index is 1.99. The molecule has 1 aromatic carbocycles. The summed E-state index contributed by atoms with van der Waals surface area (Å²) < 4.78 is 0. The second-order valence-corrected chi connectivity index (χ2v) is 6.28. The van der Waals surface area contributed by atoms with E-state index in [0.29, 0.717) is 20.7 Å². The van der Waals surface area contributed by atoms with Crippen LogP contribution in [-0.4, -0.2) is 29.0 Å². The molecule has 0 radical (unpaired) electrons. The minimum absolute atomic E-state index is 0.296. The van der Waals surface area contributed by atoms with Crippen molar-refractivity contribution in [2.24, 2.45) is 5.92 Å². The average molecular weight is 331 g/mol. The van der Waals surface area contributed by atoms with Gasteiger partial charge in [-0.1, -0.05) is 30.1 Å². The third kappa shape index (κ3) is 3.84. The van der Waals surface area contributed by atoms with E-state index in [1.54, 1.807) is 18.2 Å². The number of amides is 1. The molecule has 6 heteroatoms. The van der Waals surface area contributed by atoms with E-state index in [1.165, 1.54) is 0 Å². The first-order chi connectivity index (χ1) is 9.47. The van der Waals surface area contributed by atoms with Crippen LogP contribution in [0.1, 0.15) is 30.1 Å². The van der Waals surface area contributed by atoms with Crippen LogP contribution in [0, 0.1) is 5.92 Å². The molecule has 20 heavy (non-hydrogen) atoms. The van der Waals surface area contributed by atoms with Gasteiger partial charge in [0.2, 0.25) is 0 Å². The molecular formula is C14H16Cl2N2OS. The number of rotatable bonds is 1. The van der Waals surface area contributed by atoms with Gasteiger partial charge in [-0.2, -0.15) is 0 Å². The van der Waals surface area contributed by atoms with Crippen molar-refractivity contribution in [1.29, 1.82) is 0 Å². The van der Waals surface area contributed by atoms with Crippen LogP contribution in [0.3, 0.4) is 0 Å². The Morgan fingerprint density at radius 1 is 1.35 bits per heavy atom. The molecule has 0 unspecified atom stereocenters. The van der Waals surface area contributed by atoms with Crippen LogP contribution in [0.5, 0.6) is 0 Å². The summed E-state index contributed by atoms with van der Waals surface area (Å²) >= 11 is 17.1. The van der Waals surface area contributed by atoms with E-state index in [4.69, 9.17) is 35.4 Å². The third-order valence-electron chi connectivity index (χ3n) is 3.47. The Morgan fingerprint density at radius 3 is 2.60 bits per heavy atom. The first kappa shape index (κ1) is 15.5. The highest BCUT2D eigenvalue weighted by Crippen LogP contribution is 2.21. The molecule has 3 nitrogen and oxygen atoms in total. The highest BCUT2D eigenvalue weighted by atomic mass is 35.5. The quantitative estimate of drug-likeness (QED) is 0.796. The van der Waals surface area contributed by atoms with Crippen LogP contribution < -0.4 is 5.32 Å². The fourth-order valence-electron chi connectivity index (χ4n) is 2.13. The molecule has 0 atom stereocenters. The lowest BCUT2D eigenvalue weighted by Crippen LogP contribution is -2.46. The lowest BCUT2D eigenvalue weighted by molar-refractivity contribution is 0.0972. The van der Waals surface area contributed by atoms with Gasteiger partial charge in [0.25, 0.3) is 5.91 Å². The van der Waals surface area contributed by atoms with Gasteiger partial charge in [0.05, 0.1) is 10.6 Å². The fourth-order valence-corrected chi connectivity index (χ4v) is 2.90. The number of nitrogens with one attached hydrogen (secondary N) is 1. The summed E-state index contributed by atoms with van der Waals surface area (Å²) in [6.45, 7) is 4.00. The van der Waals surface area contributed by atoms with Crippen molar-refractivity contribution in [3.8, 4) is 0 Å². The van der Waals surface area contributed by atoms with Crippen LogP contribution in [0.2, 0.25) is 10.0 Å². The molecule has 1 aliphatic rings. The summed E-state index contributed by atoms with van der Waals surface area (Å²) in [4.78, 5) is 14.2. The van der Waals surface area contributed by atoms with Crippen LogP contribution in [0.15, 0.2) is 18.2 Å². The molecule has 2 rings (SSSR count). The van der Waals surface area contributed by atoms with Crippen molar-refractivity contribution in [3.63, 3.8) is 0 Å². The van der Waals surface area contributed by atoms with E-state index in [0.717, 1.165) is 31.8 Å². The standard InChI is InChI=1S/C14H16Cl2N2OS/c1-9-4-6-18(7-5-9)14(20)17-13(19)11-3-2-10(15)8-12(11)16/h2-3,8-9H,4-7H2,1H3,(H,17,19,20). The van der Waals surface area contributed by atoms with Gasteiger partial charge in [-0.05, 0) is 49.2 Å². The normalized spacial score (nSPS) is 16.1. The number of piperidine rings is 1. The number of carbonyl (C=O) groups is 1. The maximum atomic E-state index is 12.1. The predicted molar refractivity (Wildman–Crippen MR) is 86.5 cm³/mol. The van der Waals surface area contributed by atoms with E-state index in [9.17, 15) is 4.79 Å². The van der Waals surface area contributed by atoms with Gasteiger partial charge >= 0.3 is 0 Å². The molecule has 0 aromatic heterocycles. The summed E-state index contributed by atoms with van der Waals surface area (Å²) in [5.74, 6) is 0.422. The van der Waals surface area contributed by atoms with Crippen molar-refractivity contribution in [3.05, 3.63) is 33.8 Å². The molecule has 0 aliphatic carbocycles. The lowest BCUT2D eigenvalue weighted by atomic mass is 10.00. The molecule has 1 heterocycles. The molecule has 0 saturated carbocycles. The Labute approximate surface area is 134 Å². The van der Waals surface area contributed by atoms with E-state index in [1.807, 2.05) is 4.90 Å². The van der Waals surface area contributed by atoms with E-state index in [2.05, 4.69) is 12.2 Å². The Bertz CT molecular complexity index is 528. The molecule has 1 aromatic rings. The van der Waals surface area contributed by atoms with Crippen LogP contribution in [0.4, 0.5) is 0 Å². The number of benzene rings is 1. The number of hydrogen-bond donors (Lipinski definition) is 1. The maximum Gasteiger partial charge on any atom is 0.258 e. The summed E-state index contributed by atoms with van der Waals surface area (Å²) in [5, 5.41) is 4.02. The zero-order chi connectivity index (χ0) is 14.7. The predicted octanol–water partition coefficient (Wildman–Crippen LogP) is 3.74. The van der Waals surface area contributed by atoms with Gasteiger partial charge in [-0.25, -0.2) is 0 Å². The first-order valence-corrected chi connectivity index (χ1v) is 7.69. The molecule has 1 N–H and O–H groups in total. The second kappa shape index (κ2) is 6.74. The summed E-state index contributed by atoms with van der Waals surface area (Å²) in [6, 6.07) is 4.78. The van der Waals surface area contributed by atoms with Crippen molar-refractivity contribution in [2.45, 2.75) is 19.8 Å². The average Bonchev–Trinajstić information content (AvgIpc) is 2.39. The fraction of sp³-hybridized carbons (Fsp3) is 0.429. The summed E-state index contributed by atoms with van der Waals surface area (Å²) in [6.07, 6.45) is 2.19. The Hall–Kier alpha value is -0.840. The molecule has 1 aliphatic heterocycles. The van der Waals surface area contributed by atoms with E-state index >= 15 is 0 Å². The molecule has 0 spiro atoms.